The number of nitrogens with one attached hydrogen (secondary N) is 1. The first-order chi connectivity index (χ1) is 8.54. The van der Waals surface area contributed by atoms with Crippen molar-refractivity contribution in [2.45, 2.75) is 13.8 Å². The molecule has 0 amide bonds. The van der Waals surface area contributed by atoms with Crippen LogP contribution >= 0.6 is 0 Å². The van der Waals surface area contributed by atoms with Crippen molar-refractivity contribution in [3.63, 3.8) is 0 Å². The second-order valence-electron chi connectivity index (χ2n) is 3.84. The maximum absolute atomic E-state index is 13.4. The van der Waals surface area contributed by atoms with Gasteiger partial charge in [0.25, 0.3) is 0 Å². The Labute approximate surface area is 106 Å². The van der Waals surface area contributed by atoms with Crippen LogP contribution in [0.3, 0.4) is 0 Å². The third kappa shape index (κ3) is 4.07. The molecule has 0 atom stereocenters. The van der Waals surface area contributed by atoms with E-state index >= 15 is 0 Å². The van der Waals surface area contributed by atoms with Crippen molar-refractivity contribution in [3.8, 4) is 5.75 Å². The number of hydrogen-bond acceptors (Lipinski definition) is 3. The van der Waals surface area contributed by atoms with Crippen molar-refractivity contribution in [2.75, 3.05) is 0 Å². The summed E-state index contributed by atoms with van der Waals surface area (Å²) >= 11 is 0. The van der Waals surface area contributed by atoms with Gasteiger partial charge in [-0.25, -0.2) is 4.39 Å². The summed E-state index contributed by atoms with van der Waals surface area (Å²) in [6.45, 7) is 7.37. The quantitative estimate of drug-likeness (QED) is 0.364. The predicted molar refractivity (Wildman–Crippen MR) is 71.0 cm³/mol. The van der Waals surface area contributed by atoms with Gasteiger partial charge in [0.05, 0.1) is 0 Å². The highest BCUT2D eigenvalue weighted by Gasteiger charge is 2.05. The van der Waals surface area contributed by atoms with Gasteiger partial charge < -0.3 is 10.2 Å². The Bertz CT molecular complexity index is 492. The smallest absolute Gasteiger partial charge is 0.165 e. The fourth-order valence-electron chi connectivity index (χ4n) is 1.16. The Morgan fingerprint density at radius 2 is 2.00 bits per heavy atom. The van der Waals surface area contributed by atoms with E-state index in [1.807, 2.05) is 0 Å². The lowest BCUT2D eigenvalue weighted by atomic mass is 10.2. The van der Waals surface area contributed by atoms with Crippen LogP contribution in [0.15, 0.2) is 60.0 Å². The van der Waals surface area contributed by atoms with Gasteiger partial charge in [-0.1, -0.05) is 18.7 Å². The van der Waals surface area contributed by atoms with Gasteiger partial charge in [-0.3, -0.25) is 5.84 Å². The molecule has 0 aliphatic heterocycles. The number of allylic oxidation sites excluding steroid dienone is 4. The Balaban J connectivity index is 2.95. The van der Waals surface area contributed by atoms with E-state index in [1.165, 1.54) is 6.07 Å². The summed E-state index contributed by atoms with van der Waals surface area (Å²) in [5.41, 5.74) is 3.94. The molecule has 3 nitrogen and oxygen atoms in total. The first-order valence-corrected chi connectivity index (χ1v) is 5.48. The normalized spacial score (nSPS) is 12.2. The summed E-state index contributed by atoms with van der Waals surface area (Å²) < 4.78 is 18.9. The molecule has 0 saturated heterocycles. The number of rotatable bonds is 5. The number of benzene rings is 1. The SMILES string of the molecule is C=C(C)/C(=C\C=C(/C)NN)Oc1ccccc1F. The zero-order chi connectivity index (χ0) is 13.5. The molecule has 1 aromatic carbocycles. The summed E-state index contributed by atoms with van der Waals surface area (Å²) in [5, 5.41) is 0. The minimum absolute atomic E-state index is 0.165. The summed E-state index contributed by atoms with van der Waals surface area (Å²) in [6.07, 6.45) is 3.41. The largest absolute Gasteiger partial charge is 0.454 e. The zero-order valence-electron chi connectivity index (χ0n) is 10.5. The third-order valence-corrected chi connectivity index (χ3v) is 2.19. The molecule has 18 heavy (non-hydrogen) atoms. The lowest BCUT2D eigenvalue weighted by Crippen LogP contribution is -2.18. The minimum Gasteiger partial charge on any atom is -0.454 e. The first-order valence-electron chi connectivity index (χ1n) is 5.48. The lowest BCUT2D eigenvalue weighted by molar-refractivity contribution is 0.406. The maximum atomic E-state index is 13.4. The van der Waals surface area contributed by atoms with Crippen LogP contribution in [0.25, 0.3) is 0 Å². The molecule has 1 aromatic rings. The molecule has 96 valence electrons. The van der Waals surface area contributed by atoms with Crippen LogP contribution in [0.5, 0.6) is 5.75 Å². The molecular weight excluding hydrogens is 231 g/mol. The molecule has 1 rings (SSSR count). The number of halogens is 1. The molecule has 0 saturated carbocycles. The Morgan fingerprint density at radius 3 is 2.56 bits per heavy atom. The van der Waals surface area contributed by atoms with Crippen LogP contribution in [-0.4, -0.2) is 0 Å². The number of hydrazine groups is 1. The summed E-state index contributed by atoms with van der Waals surface area (Å²) in [4.78, 5) is 0. The van der Waals surface area contributed by atoms with Crippen molar-refractivity contribution in [1.29, 1.82) is 0 Å². The molecule has 3 N–H and O–H groups in total. The number of hydrogen-bond donors (Lipinski definition) is 2. The average Bonchev–Trinajstić information content (AvgIpc) is 2.35. The van der Waals surface area contributed by atoms with Crippen LogP contribution < -0.4 is 16.0 Å². The van der Waals surface area contributed by atoms with E-state index in [0.29, 0.717) is 11.3 Å². The Hall–Kier alpha value is -2.07. The maximum Gasteiger partial charge on any atom is 0.165 e. The summed E-state index contributed by atoms with van der Waals surface area (Å²) in [5.74, 6) is 5.47. The van der Waals surface area contributed by atoms with Crippen LogP contribution in [0, 0.1) is 5.82 Å². The van der Waals surface area contributed by atoms with Crippen LogP contribution in [-0.2, 0) is 0 Å². The highest BCUT2D eigenvalue weighted by Crippen LogP contribution is 2.21. The second kappa shape index (κ2) is 6.61. The van der Waals surface area contributed by atoms with Crippen molar-refractivity contribution in [3.05, 3.63) is 65.8 Å². The van der Waals surface area contributed by atoms with Gasteiger partial charge in [-0.15, -0.1) is 0 Å². The minimum atomic E-state index is -0.415. The van der Waals surface area contributed by atoms with Crippen LogP contribution in [0.2, 0.25) is 0 Å². The van der Waals surface area contributed by atoms with Gasteiger partial charge in [0.2, 0.25) is 0 Å². The Kier molecular flexibility index (Phi) is 5.14. The molecule has 0 radical (unpaired) electrons. The fraction of sp³-hybridized carbons (Fsp3) is 0.143. The lowest BCUT2D eigenvalue weighted by Gasteiger charge is -2.10. The van der Waals surface area contributed by atoms with Gasteiger partial charge in [-0.05, 0) is 43.7 Å². The van der Waals surface area contributed by atoms with E-state index < -0.39 is 5.82 Å². The van der Waals surface area contributed by atoms with Gasteiger partial charge >= 0.3 is 0 Å². The number of para-hydroxylation sites is 1. The van der Waals surface area contributed by atoms with E-state index in [2.05, 4.69) is 12.0 Å². The highest BCUT2D eigenvalue weighted by molar-refractivity contribution is 5.33. The Morgan fingerprint density at radius 1 is 1.33 bits per heavy atom. The second-order valence-corrected chi connectivity index (χ2v) is 3.84. The van der Waals surface area contributed by atoms with Crippen LogP contribution in [0.1, 0.15) is 13.8 Å². The van der Waals surface area contributed by atoms with E-state index in [0.717, 1.165) is 5.70 Å². The van der Waals surface area contributed by atoms with Gasteiger partial charge in [0.1, 0.15) is 5.76 Å². The van der Waals surface area contributed by atoms with E-state index in [4.69, 9.17) is 10.6 Å². The standard InChI is InChI=1S/C14H17FN2O/c1-10(2)13(9-8-11(3)17-16)18-14-7-5-4-6-12(14)15/h4-9,17H,1,16H2,2-3H3/b11-8+,13-9+. The molecule has 0 spiro atoms. The van der Waals surface area contributed by atoms with E-state index in [9.17, 15) is 4.39 Å². The summed E-state index contributed by atoms with van der Waals surface area (Å²) in [6, 6.07) is 6.21. The third-order valence-electron chi connectivity index (χ3n) is 2.19. The first kappa shape index (κ1) is 14.0. The fourth-order valence-corrected chi connectivity index (χ4v) is 1.16. The zero-order valence-corrected chi connectivity index (χ0v) is 10.5. The monoisotopic (exact) mass is 248 g/mol. The topological polar surface area (TPSA) is 47.3 Å². The molecular formula is C14H17FN2O. The summed E-state index contributed by atoms with van der Waals surface area (Å²) in [7, 11) is 0. The molecule has 0 fully saturated rings. The molecule has 0 heterocycles. The van der Waals surface area contributed by atoms with Gasteiger partial charge in [0, 0.05) is 5.70 Å². The van der Waals surface area contributed by atoms with E-state index in [1.54, 1.807) is 44.2 Å². The van der Waals surface area contributed by atoms with Crippen molar-refractivity contribution >= 4 is 0 Å². The molecule has 0 bridgehead atoms. The van der Waals surface area contributed by atoms with Crippen molar-refractivity contribution < 1.29 is 9.13 Å². The predicted octanol–water partition coefficient (Wildman–Crippen LogP) is 3.03. The van der Waals surface area contributed by atoms with Crippen molar-refractivity contribution in [1.82, 2.24) is 5.43 Å². The van der Waals surface area contributed by atoms with E-state index in [-0.39, 0.29) is 5.75 Å². The molecule has 0 unspecified atom stereocenters. The molecule has 0 aromatic heterocycles. The van der Waals surface area contributed by atoms with Gasteiger partial charge in [0.15, 0.2) is 11.6 Å². The molecule has 0 aliphatic carbocycles. The number of nitrogens with two attached hydrogens (primary N) is 1. The van der Waals surface area contributed by atoms with Crippen LogP contribution in [0.4, 0.5) is 4.39 Å². The van der Waals surface area contributed by atoms with Crippen molar-refractivity contribution in [2.24, 2.45) is 5.84 Å². The van der Waals surface area contributed by atoms with Gasteiger partial charge in [-0.2, -0.15) is 0 Å². The number of ether oxygens (including phenoxy) is 1. The highest BCUT2D eigenvalue weighted by atomic mass is 19.1. The average molecular weight is 248 g/mol. The molecule has 4 heteroatoms. The molecule has 0 aliphatic rings.